The van der Waals surface area contributed by atoms with Gasteiger partial charge in [-0.2, -0.15) is 0 Å². The van der Waals surface area contributed by atoms with Crippen LogP contribution in [0.5, 0.6) is 0 Å². The van der Waals surface area contributed by atoms with E-state index in [9.17, 15) is 8.78 Å². The molecule has 7 aromatic heterocycles. The van der Waals surface area contributed by atoms with Gasteiger partial charge in [-0.05, 0) is 48.5 Å². The molecule has 0 radical (unpaired) electrons. The van der Waals surface area contributed by atoms with E-state index in [1.807, 2.05) is 36.4 Å². The van der Waals surface area contributed by atoms with Crippen molar-refractivity contribution in [3.8, 4) is 0 Å². The topological polar surface area (TPSA) is 103 Å². The van der Waals surface area contributed by atoms with Gasteiger partial charge < -0.3 is 0 Å². The Hall–Kier alpha value is -6.58. The predicted molar refractivity (Wildman–Crippen MR) is 202 cm³/mol. The average Bonchev–Trinajstić information content (AvgIpc) is 3.21. The Morgan fingerprint density at radius 1 is 0.321 bits per heavy atom. The summed E-state index contributed by atoms with van der Waals surface area (Å²) >= 11 is 0. The van der Waals surface area contributed by atoms with Crippen LogP contribution in [-0.2, 0) is 19.5 Å². The van der Waals surface area contributed by atoms with Crippen molar-refractivity contribution < 1.29 is 28.3 Å². The van der Waals surface area contributed by atoms with Crippen molar-refractivity contribution in [2.75, 3.05) is 0 Å². The molecule has 0 fully saturated rings. The van der Waals surface area contributed by atoms with E-state index in [0.29, 0.717) is 33.1 Å². The van der Waals surface area contributed by atoms with Crippen molar-refractivity contribution in [1.82, 2.24) is 39.9 Å². The van der Waals surface area contributed by atoms with Crippen LogP contribution in [0, 0.1) is 11.6 Å². The summed E-state index contributed by atoms with van der Waals surface area (Å²) in [6.07, 6.45) is 10.6. The van der Waals surface area contributed by atoms with E-state index in [1.165, 1.54) is 0 Å². The van der Waals surface area contributed by atoms with Gasteiger partial charge in [0.1, 0.15) is 0 Å². The molecule has 0 saturated carbocycles. The van der Waals surface area contributed by atoms with Gasteiger partial charge >= 0.3 is 19.5 Å². The number of halogens is 2. The summed E-state index contributed by atoms with van der Waals surface area (Å²) in [4.78, 5) is 35.2. The summed E-state index contributed by atoms with van der Waals surface area (Å²) in [6, 6.07) is 33.7. The van der Waals surface area contributed by atoms with Crippen LogP contribution in [0.3, 0.4) is 0 Å². The Bertz CT molecular complexity index is 2820. The predicted octanol–water partition coefficient (Wildman–Crippen LogP) is 9.72. The van der Waals surface area contributed by atoms with E-state index in [0.717, 1.165) is 66.5 Å². The summed E-state index contributed by atoms with van der Waals surface area (Å²) < 4.78 is 27.1. The van der Waals surface area contributed by atoms with Gasteiger partial charge in [0.2, 0.25) is 0 Å². The van der Waals surface area contributed by atoms with Gasteiger partial charge in [-0.15, -0.1) is 0 Å². The number of pyridine rings is 6. The van der Waals surface area contributed by atoms with Crippen LogP contribution in [0.4, 0.5) is 8.78 Å². The number of hydrogen-bond acceptors (Lipinski definition) is 8. The molecule has 4 aromatic carbocycles. The van der Waals surface area contributed by atoms with Crippen LogP contribution in [0.2, 0.25) is 0 Å². The average molecular weight is 780 g/mol. The van der Waals surface area contributed by atoms with Gasteiger partial charge in [-0.25, -0.2) is 18.7 Å². The van der Waals surface area contributed by atoms with E-state index >= 15 is 0 Å². The number of hydrogen-bond donors (Lipinski definition) is 0. The maximum Gasteiger partial charge on any atom is 2.00 e. The van der Waals surface area contributed by atoms with Crippen LogP contribution in [-0.4, -0.2) is 39.9 Å². The first-order valence-electron chi connectivity index (χ1n) is 16.4. The fraction of sp³-hybridized carbons (Fsp3) is 0. The van der Waals surface area contributed by atoms with Gasteiger partial charge in [-0.1, -0.05) is 48.5 Å². The Morgan fingerprint density at radius 3 is 0.925 bits per heavy atom. The van der Waals surface area contributed by atoms with Crippen LogP contribution in [0.1, 0.15) is 0 Å². The van der Waals surface area contributed by atoms with Crippen LogP contribution >= 0.6 is 0 Å². The second-order valence-electron chi connectivity index (χ2n) is 11.9. The number of rotatable bonds is 0. The van der Waals surface area contributed by atoms with Crippen LogP contribution < -0.4 is 0 Å². The van der Waals surface area contributed by atoms with Crippen LogP contribution in [0.15, 0.2) is 146 Å². The van der Waals surface area contributed by atoms with Crippen molar-refractivity contribution in [2.45, 2.75) is 0 Å². The van der Waals surface area contributed by atoms with Crippen molar-refractivity contribution in [3.05, 3.63) is 158 Å². The summed E-state index contributed by atoms with van der Waals surface area (Å²) in [7, 11) is 0. The fourth-order valence-electron chi connectivity index (χ4n) is 6.36. The quantitative estimate of drug-likeness (QED) is 0.0852. The summed E-state index contributed by atoms with van der Waals surface area (Å²) in [5, 5.41) is 6.10. The first-order valence-corrected chi connectivity index (χ1v) is 16.4. The standard InChI is InChI=1S/C18H8F2N4.2C12H8N2.Ru/c19-11-7-13-14(8-12(11)20)24-18-10-4-2-6-22-16(10)15-9(17(18)23-13)3-1-5-21-15;2*1-3-9-5-6-10-4-2-8-14-12(10)11(9)13-7-1;/h1-8H;2*1-8H;/q;;;+2. The molecule has 0 atom stereocenters. The zero-order valence-electron chi connectivity index (χ0n) is 27.5. The Balaban J connectivity index is 0.000000119. The normalized spacial score (nSPS) is 11.1. The zero-order chi connectivity index (χ0) is 35.0. The molecular weight excluding hydrogens is 756 g/mol. The minimum atomic E-state index is -0.943. The molecule has 8 nitrogen and oxygen atoms in total. The molecular formula is C42H24F2N8Ru+2. The fourth-order valence-corrected chi connectivity index (χ4v) is 6.36. The van der Waals surface area contributed by atoms with Crippen molar-refractivity contribution >= 4 is 87.5 Å². The molecule has 0 unspecified atom stereocenters. The van der Waals surface area contributed by atoms with Crippen molar-refractivity contribution in [2.24, 2.45) is 0 Å². The third kappa shape index (κ3) is 6.21. The summed E-state index contributed by atoms with van der Waals surface area (Å²) in [5.74, 6) is -1.89. The molecule has 0 bridgehead atoms. The maximum absolute atomic E-state index is 13.6. The number of aromatic nitrogens is 8. The molecule has 11 rings (SSSR count). The first kappa shape index (κ1) is 33.6. The second-order valence-corrected chi connectivity index (χ2v) is 11.9. The van der Waals surface area contributed by atoms with Crippen LogP contribution in [0.25, 0.3) is 87.5 Å². The zero-order valence-corrected chi connectivity index (χ0v) is 29.3. The van der Waals surface area contributed by atoms with E-state index < -0.39 is 11.6 Å². The van der Waals surface area contributed by atoms with E-state index in [2.05, 4.69) is 88.4 Å². The molecule has 0 amide bonds. The molecule has 11 aromatic rings. The van der Waals surface area contributed by atoms with Gasteiger partial charge in [0.25, 0.3) is 0 Å². The monoisotopic (exact) mass is 780 g/mol. The summed E-state index contributed by atoms with van der Waals surface area (Å²) in [5.41, 5.74) is 7.11. The molecule has 0 N–H and O–H groups in total. The molecule has 0 saturated heterocycles. The molecule has 0 aliphatic carbocycles. The Morgan fingerprint density at radius 2 is 0.604 bits per heavy atom. The van der Waals surface area contributed by atoms with Crippen molar-refractivity contribution in [3.63, 3.8) is 0 Å². The third-order valence-corrected chi connectivity index (χ3v) is 8.75. The minimum Gasteiger partial charge on any atom is -0.254 e. The van der Waals surface area contributed by atoms with E-state index in [4.69, 9.17) is 0 Å². The molecule has 252 valence electrons. The molecule has 7 heterocycles. The summed E-state index contributed by atoms with van der Waals surface area (Å²) in [6.45, 7) is 0. The molecule has 53 heavy (non-hydrogen) atoms. The Labute approximate surface area is 312 Å². The number of benzene rings is 4. The third-order valence-electron chi connectivity index (χ3n) is 8.75. The first-order chi connectivity index (χ1) is 25.6. The number of fused-ring (bicyclic) bond motifs is 13. The minimum absolute atomic E-state index is 0. The Kier molecular flexibility index (Phi) is 9.00. The van der Waals surface area contributed by atoms with Gasteiger partial charge in [0.15, 0.2) is 11.6 Å². The SMILES string of the molecule is Fc1cc2nc3c4cccnc4c4ncccc4c3nc2cc1F.[Ru+2].c1cnc2c(c1)ccc1cccnc12.c1cnc2c(c1)ccc1cccnc12. The van der Waals surface area contributed by atoms with E-state index in [-0.39, 0.29) is 19.5 Å². The van der Waals surface area contributed by atoms with Gasteiger partial charge in [0, 0.05) is 81.6 Å². The molecule has 0 aliphatic heterocycles. The smallest absolute Gasteiger partial charge is 0.254 e. The van der Waals surface area contributed by atoms with E-state index in [1.54, 1.807) is 49.3 Å². The largest absolute Gasteiger partial charge is 2.00 e. The maximum atomic E-state index is 13.6. The second kappa shape index (κ2) is 14.2. The van der Waals surface area contributed by atoms with Gasteiger partial charge in [-0.3, -0.25) is 29.9 Å². The molecule has 0 aliphatic rings. The molecule has 11 heteroatoms. The van der Waals surface area contributed by atoms with Gasteiger partial charge in [0.05, 0.1) is 55.2 Å². The number of nitrogens with zero attached hydrogens (tertiary/aromatic N) is 8. The van der Waals surface area contributed by atoms with Crippen molar-refractivity contribution in [1.29, 1.82) is 0 Å². The molecule has 0 spiro atoms.